The lowest BCUT2D eigenvalue weighted by atomic mass is 10.0. The summed E-state index contributed by atoms with van der Waals surface area (Å²) in [5.74, 6) is 0.184. The Hall–Kier alpha value is -1.35. The van der Waals surface area contributed by atoms with Crippen molar-refractivity contribution in [1.29, 1.82) is 0 Å². The fraction of sp³-hybridized carbons (Fsp3) is 0.500. The third-order valence-corrected chi connectivity index (χ3v) is 3.13. The van der Waals surface area contributed by atoms with Crippen LogP contribution in [0.3, 0.4) is 0 Å². The minimum atomic E-state index is 0.0447. The molecular formula is C14H22N2O. The lowest BCUT2D eigenvalue weighted by Crippen LogP contribution is -2.31. The number of hydrogen-bond acceptors (Lipinski definition) is 2. The van der Waals surface area contributed by atoms with Gasteiger partial charge in [-0.2, -0.15) is 0 Å². The smallest absolute Gasteiger partial charge is 0.223 e. The van der Waals surface area contributed by atoms with Crippen molar-refractivity contribution in [1.82, 2.24) is 5.32 Å². The number of hydrogen-bond donors (Lipinski definition) is 2. The Balaban J connectivity index is 2.63. The standard InChI is InChI=1S/C14H22N2O/c1-4-10(2)14(17)16-11(3)13-7-5-12(9-15)6-8-13/h5-8,10-11H,4,9,15H2,1-3H3,(H,16,17). The summed E-state index contributed by atoms with van der Waals surface area (Å²) in [6.07, 6.45) is 0.866. The monoisotopic (exact) mass is 234 g/mol. The van der Waals surface area contributed by atoms with E-state index in [1.807, 2.05) is 45.0 Å². The van der Waals surface area contributed by atoms with Crippen molar-refractivity contribution in [2.75, 3.05) is 0 Å². The summed E-state index contributed by atoms with van der Waals surface area (Å²) in [7, 11) is 0. The first-order valence-corrected chi connectivity index (χ1v) is 6.17. The van der Waals surface area contributed by atoms with Crippen molar-refractivity contribution in [3.05, 3.63) is 35.4 Å². The highest BCUT2D eigenvalue weighted by Gasteiger charge is 2.14. The van der Waals surface area contributed by atoms with Gasteiger partial charge in [0.1, 0.15) is 0 Å². The molecule has 3 heteroatoms. The van der Waals surface area contributed by atoms with Crippen molar-refractivity contribution >= 4 is 5.91 Å². The summed E-state index contributed by atoms with van der Waals surface area (Å²) in [5.41, 5.74) is 7.76. The van der Waals surface area contributed by atoms with Crippen molar-refractivity contribution in [2.24, 2.45) is 11.7 Å². The van der Waals surface area contributed by atoms with Crippen LogP contribution in [0.4, 0.5) is 0 Å². The number of benzene rings is 1. The summed E-state index contributed by atoms with van der Waals surface area (Å²) < 4.78 is 0. The van der Waals surface area contributed by atoms with E-state index in [0.717, 1.165) is 17.5 Å². The first-order chi connectivity index (χ1) is 8.08. The predicted octanol–water partition coefficient (Wildman–Crippen LogP) is 2.37. The van der Waals surface area contributed by atoms with Crippen LogP contribution in [0.15, 0.2) is 24.3 Å². The molecule has 3 N–H and O–H groups in total. The number of carbonyl (C=O) groups excluding carboxylic acids is 1. The molecule has 2 unspecified atom stereocenters. The van der Waals surface area contributed by atoms with E-state index in [1.165, 1.54) is 0 Å². The van der Waals surface area contributed by atoms with Gasteiger partial charge >= 0.3 is 0 Å². The first kappa shape index (κ1) is 13.7. The zero-order chi connectivity index (χ0) is 12.8. The molecule has 0 radical (unpaired) electrons. The van der Waals surface area contributed by atoms with E-state index in [2.05, 4.69) is 5.32 Å². The summed E-state index contributed by atoms with van der Waals surface area (Å²) in [6, 6.07) is 8.08. The molecule has 17 heavy (non-hydrogen) atoms. The number of amides is 1. The lowest BCUT2D eigenvalue weighted by molar-refractivity contribution is -0.125. The van der Waals surface area contributed by atoms with Gasteiger partial charge in [0, 0.05) is 12.5 Å². The molecular weight excluding hydrogens is 212 g/mol. The topological polar surface area (TPSA) is 55.1 Å². The SMILES string of the molecule is CCC(C)C(=O)NC(C)c1ccc(CN)cc1. The molecule has 0 heterocycles. The van der Waals surface area contributed by atoms with Gasteiger partial charge in [0.15, 0.2) is 0 Å². The van der Waals surface area contributed by atoms with E-state index < -0.39 is 0 Å². The van der Waals surface area contributed by atoms with Gasteiger partial charge in [0.25, 0.3) is 0 Å². The second-order valence-electron chi connectivity index (χ2n) is 4.49. The lowest BCUT2D eigenvalue weighted by Gasteiger charge is -2.17. The average molecular weight is 234 g/mol. The molecule has 1 amide bonds. The highest BCUT2D eigenvalue weighted by atomic mass is 16.1. The molecule has 0 aromatic heterocycles. The van der Waals surface area contributed by atoms with Crippen LogP contribution < -0.4 is 11.1 Å². The molecule has 1 aromatic carbocycles. The second kappa shape index (κ2) is 6.40. The van der Waals surface area contributed by atoms with Crippen LogP contribution in [0.5, 0.6) is 0 Å². The molecule has 94 valence electrons. The molecule has 3 nitrogen and oxygen atoms in total. The quantitative estimate of drug-likeness (QED) is 0.821. The van der Waals surface area contributed by atoms with Crippen LogP contribution in [0, 0.1) is 5.92 Å². The van der Waals surface area contributed by atoms with E-state index in [9.17, 15) is 4.79 Å². The molecule has 0 aliphatic rings. The van der Waals surface area contributed by atoms with Crippen molar-refractivity contribution in [2.45, 2.75) is 39.8 Å². The highest BCUT2D eigenvalue weighted by Crippen LogP contribution is 2.14. The van der Waals surface area contributed by atoms with Gasteiger partial charge in [0.2, 0.25) is 5.91 Å². The largest absolute Gasteiger partial charge is 0.349 e. The van der Waals surface area contributed by atoms with E-state index in [1.54, 1.807) is 0 Å². The van der Waals surface area contributed by atoms with Gasteiger partial charge in [-0.05, 0) is 24.5 Å². The summed E-state index contributed by atoms with van der Waals surface area (Å²) in [6.45, 7) is 6.51. The molecule has 0 bridgehead atoms. The van der Waals surface area contributed by atoms with Crippen molar-refractivity contribution in [3.63, 3.8) is 0 Å². The first-order valence-electron chi connectivity index (χ1n) is 6.17. The van der Waals surface area contributed by atoms with Gasteiger partial charge in [0.05, 0.1) is 6.04 Å². The highest BCUT2D eigenvalue weighted by molar-refractivity contribution is 5.78. The Morgan fingerprint density at radius 2 is 1.88 bits per heavy atom. The van der Waals surface area contributed by atoms with E-state index in [4.69, 9.17) is 5.73 Å². The van der Waals surface area contributed by atoms with E-state index >= 15 is 0 Å². The van der Waals surface area contributed by atoms with Gasteiger partial charge in [-0.1, -0.05) is 38.1 Å². The minimum absolute atomic E-state index is 0.0447. The molecule has 0 saturated carbocycles. The molecule has 1 aromatic rings. The maximum Gasteiger partial charge on any atom is 0.223 e. The maximum atomic E-state index is 11.7. The maximum absolute atomic E-state index is 11.7. The van der Waals surface area contributed by atoms with Crippen LogP contribution in [0.25, 0.3) is 0 Å². The number of nitrogens with one attached hydrogen (secondary N) is 1. The van der Waals surface area contributed by atoms with Crippen LogP contribution in [0.2, 0.25) is 0 Å². The van der Waals surface area contributed by atoms with Crippen LogP contribution in [-0.2, 0) is 11.3 Å². The van der Waals surface area contributed by atoms with Gasteiger partial charge in [-0.3, -0.25) is 4.79 Å². The normalized spacial score (nSPS) is 14.1. The van der Waals surface area contributed by atoms with Crippen LogP contribution >= 0.6 is 0 Å². The molecule has 0 saturated heterocycles. The number of carbonyl (C=O) groups is 1. The Morgan fingerprint density at radius 3 is 2.35 bits per heavy atom. The molecule has 2 atom stereocenters. The Labute approximate surface area is 103 Å². The zero-order valence-electron chi connectivity index (χ0n) is 10.9. The molecule has 0 fully saturated rings. The fourth-order valence-electron chi connectivity index (χ4n) is 1.57. The number of rotatable bonds is 5. The zero-order valence-corrected chi connectivity index (χ0v) is 10.9. The minimum Gasteiger partial charge on any atom is -0.349 e. The third-order valence-electron chi connectivity index (χ3n) is 3.13. The van der Waals surface area contributed by atoms with E-state index in [-0.39, 0.29) is 17.9 Å². The Kier molecular flexibility index (Phi) is 5.16. The molecule has 0 aliphatic carbocycles. The summed E-state index contributed by atoms with van der Waals surface area (Å²) in [4.78, 5) is 11.7. The number of nitrogens with two attached hydrogens (primary N) is 1. The van der Waals surface area contributed by atoms with Gasteiger partial charge < -0.3 is 11.1 Å². The van der Waals surface area contributed by atoms with E-state index in [0.29, 0.717) is 6.54 Å². The van der Waals surface area contributed by atoms with Crippen molar-refractivity contribution < 1.29 is 4.79 Å². The molecule has 0 spiro atoms. The molecule has 0 aliphatic heterocycles. The Bertz CT molecular complexity index is 359. The Morgan fingerprint density at radius 1 is 1.29 bits per heavy atom. The third kappa shape index (κ3) is 3.86. The average Bonchev–Trinajstić information content (AvgIpc) is 2.37. The summed E-state index contributed by atoms with van der Waals surface area (Å²) in [5, 5.41) is 3.01. The predicted molar refractivity (Wildman–Crippen MR) is 70.3 cm³/mol. The fourth-order valence-corrected chi connectivity index (χ4v) is 1.57. The van der Waals surface area contributed by atoms with Gasteiger partial charge in [-0.25, -0.2) is 0 Å². The van der Waals surface area contributed by atoms with Crippen LogP contribution in [-0.4, -0.2) is 5.91 Å². The van der Waals surface area contributed by atoms with Crippen molar-refractivity contribution in [3.8, 4) is 0 Å². The molecule has 1 rings (SSSR count). The summed E-state index contributed by atoms with van der Waals surface area (Å²) >= 11 is 0. The van der Waals surface area contributed by atoms with Gasteiger partial charge in [-0.15, -0.1) is 0 Å². The van der Waals surface area contributed by atoms with Crippen LogP contribution in [0.1, 0.15) is 44.4 Å². The second-order valence-corrected chi connectivity index (χ2v) is 4.49.